The number of nitro groups is 1. The molecule has 1 fully saturated rings. The van der Waals surface area contributed by atoms with E-state index in [9.17, 15) is 18.5 Å². The van der Waals surface area contributed by atoms with Gasteiger partial charge in [0, 0.05) is 13.1 Å². The molecule has 0 bridgehead atoms. The molecule has 2 aromatic rings. The first-order valence-electron chi connectivity index (χ1n) is 9.52. The fraction of sp³-hybridized carbons (Fsp3) is 0.400. The van der Waals surface area contributed by atoms with Crippen LogP contribution in [0.2, 0.25) is 0 Å². The zero-order chi connectivity index (χ0) is 20.9. The predicted molar refractivity (Wildman–Crippen MR) is 109 cm³/mol. The van der Waals surface area contributed by atoms with Gasteiger partial charge in [0.1, 0.15) is 5.75 Å². The molecule has 29 heavy (non-hydrogen) atoms. The molecule has 0 radical (unpaired) electrons. The van der Waals surface area contributed by atoms with E-state index in [2.05, 4.69) is 9.62 Å². The van der Waals surface area contributed by atoms with Crippen LogP contribution in [0.15, 0.2) is 47.4 Å². The first-order valence-corrected chi connectivity index (χ1v) is 11.0. The molecule has 9 heteroatoms. The molecule has 1 aliphatic heterocycles. The molecular weight excluding hydrogens is 394 g/mol. The molecule has 3 rings (SSSR count). The lowest BCUT2D eigenvalue weighted by Crippen LogP contribution is -2.30. The SMILES string of the molecule is COc1ccc(S(=O)(=O)NCc2ccccc2CN2CCCCC2)c([N+](=O)[O-])c1. The molecule has 156 valence electrons. The summed E-state index contributed by atoms with van der Waals surface area (Å²) in [5.41, 5.74) is 1.40. The van der Waals surface area contributed by atoms with Gasteiger partial charge in [-0.2, -0.15) is 0 Å². The van der Waals surface area contributed by atoms with Crippen molar-refractivity contribution in [3.8, 4) is 5.75 Å². The zero-order valence-corrected chi connectivity index (χ0v) is 17.2. The summed E-state index contributed by atoms with van der Waals surface area (Å²) in [6.07, 6.45) is 3.60. The Bertz CT molecular complexity index is 972. The average molecular weight is 420 g/mol. The van der Waals surface area contributed by atoms with Crippen LogP contribution in [0.25, 0.3) is 0 Å². The maximum Gasteiger partial charge on any atom is 0.293 e. The summed E-state index contributed by atoms with van der Waals surface area (Å²) in [7, 11) is -2.70. The average Bonchev–Trinajstić information content (AvgIpc) is 2.73. The Balaban J connectivity index is 1.78. The van der Waals surface area contributed by atoms with Crippen molar-refractivity contribution < 1.29 is 18.1 Å². The number of likely N-dealkylation sites (tertiary alicyclic amines) is 1. The van der Waals surface area contributed by atoms with E-state index in [1.54, 1.807) is 0 Å². The van der Waals surface area contributed by atoms with Gasteiger partial charge >= 0.3 is 0 Å². The molecule has 1 saturated heterocycles. The third-order valence-corrected chi connectivity index (χ3v) is 6.51. The summed E-state index contributed by atoms with van der Waals surface area (Å²) in [6, 6.07) is 11.4. The summed E-state index contributed by atoms with van der Waals surface area (Å²) in [5.74, 6) is 0.225. The van der Waals surface area contributed by atoms with Crippen LogP contribution in [0.3, 0.4) is 0 Å². The molecule has 0 saturated carbocycles. The number of rotatable bonds is 8. The zero-order valence-electron chi connectivity index (χ0n) is 16.3. The highest BCUT2D eigenvalue weighted by Crippen LogP contribution is 2.28. The Kier molecular flexibility index (Phi) is 6.83. The molecule has 0 spiro atoms. The van der Waals surface area contributed by atoms with Crippen LogP contribution in [0.5, 0.6) is 5.75 Å². The maximum absolute atomic E-state index is 12.8. The van der Waals surface area contributed by atoms with Crippen molar-refractivity contribution in [1.29, 1.82) is 0 Å². The van der Waals surface area contributed by atoms with Gasteiger partial charge in [0.15, 0.2) is 4.90 Å². The lowest BCUT2D eigenvalue weighted by atomic mass is 10.1. The van der Waals surface area contributed by atoms with E-state index in [1.165, 1.54) is 38.5 Å². The first kappa shape index (κ1) is 21.2. The Morgan fingerprint density at radius 1 is 1.10 bits per heavy atom. The van der Waals surface area contributed by atoms with Crippen LogP contribution in [-0.4, -0.2) is 38.4 Å². The summed E-state index contributed by atoms with van der Waals surface area (Å²) < 4.78 is 33.0. The Morgan fingerprint density at radius 3 is 2.45 bits per heavy atom. The topological polar surface area (TPSA) is 102 Å². The van der Waals surface area contributed by atoms with E-state index in [-0.39, 0.29) is 17.2 Å². The number of sulfonamides is 1. The van der Waals surface area contributed by atoms with Gasteiger partial charge in [0.05, 0.1) is 18.1 Å². The van der Waals surface area contributed by atoms with Crippen molar-refractivity contribution >= 4 is 15.7 Å². The molecule has 1 heterocycles. The van der Waals surface area contributed by atoms with E-state index in [0.29, 0.717) is 0 Å². The smallest absolute Gasteiger partial charge is 0.293 e. The number of hydrogen-bond donors (Lipinski definition) is 1. The number of nitrogens with zero attached hydrogens (tertiary/aromatic N) is 2. The predicted octanol–water partition coefficient (Wildman–Crippen LogP) is 3.07. The summed E-state index contributed by atoms with van der Waals surface area (Å²) >= 11 is 0. The molecule has 0 aromatic heterocycles. The van der Waals surface area contributed by atoms with Gasteiger partial charge in [0.25, 0.3) is 5.69 Å². The van der Waals surface area contributed by atoms with Crippen LogP contribution < -0.4 is 9.46 Å². The van der Waals surface area contributed by atoms with Gasteiger partial charge < -0.3 is 4.74 Å². The minimum atomic E-state index is -4.07. The van der Waals surface area contributed by atoms with E-state index >= 15 is 0 Å². The molecule has 0 unspecified atom stereocenters. The molecular formula is C20H25N3O5S. The van der Waals surface area contributed by atoms with E-state index in [0.717, 1.165) is 36.8 Å². The monoisotopic (exact) mass is 419 g/mol. The molecule has 0 aliphatic carbocycles. The third-order valence-electron chi connectivity index (χ3n) is 5.07. The quantitative estimate of drug-likeness (QED) is 0.521. The summed E-state index contributed by atoms with van der Waals surface area (Å²) in [5, 5.41) is 11.3. The fourth-order valence-corrected chi connectivity index (χ4v) is 4.64. The summed E-state index contributed by atoms with van der Waals surface area (Å²) in [4.78, 5) is 12.6. The lowest BCUT2D eigenvalue weighted by Gasteiger charge is -2.27. The number of ether oxygens (including phenoxy) is 1. The molecule has 1 N–H and O–H groups in total. The van der Waals surface area contributed by atoms with Gasteiger partial charge in [0.2, 0.25) is 10.0 Å². The van der Waals surface area contributed by atoms with Crippen LogP contribution in [-0.2, 0) is 23.1 Å². The number of piperidine rings is 1. The van der Waals surface area contributed by atoms with Crippen molar-refractivity contribution in [3.63, 3.8) is 0 Å². The Labute approximate surface area is 170 Å². The van der Waals surface area contributed by atoms with Crippen LogP contribution >= 0.6 is 0 Å². The van der Waals surface area contributed by atoms with E-state index in [1.807, 2.05) is 24.3 Å². The first-order chi connectivity index (χ1) is 13.9. The van der Waals surface area contributed by atoms with Gasteiger partial charge in [-0.25, -0.2) is 13.1 Å². The van der Waals surface area contributed by atoms with Crippen LogP contribution in [0.1, 0.15) is 30.4 Å². The second kappa shape index (κ2) is 9.34. The number of hydrogen-bond acceptors (Lipinski definition) is 6. The van der Waals surface area contributed by atoms with E-state index in [4.69, 9.17) is 4.74 Å². The van der Waals surface area contributed by atoms with Crippen molar-refractivity contribution in [2.75, 3.05) is 20.2 Å². The fourth-order valence-electron chi connectivity index (χ4n) is 3.49. The second-order valence-electron chi connectivity index (χ2n) is 7.02. The van der Waals surface area contributed by atoms with Gasteiger partial charge in [-0.1, -0.05) is 30.7 Å². The standard InChI is InChI=1S/C20H25N3O5S/c1-28-18-9-10-20(19(13-18)23(24)25)29(26,27)21-14-16-7-3-4-8-17(16)15-22-11-5-2-6-12-22/h3-4,7-10,13,21H,2,5-6,11-12,14-15H2,1H3. The Morgan fingerprint density at radius 2 is 1.79 bits per heavy atom. The highest BCUT2D eigenvalue weighted by Gasteiger charge is 2.26. The maximum atomic E-state index is 12.8. The minimum Gasteiger partial charge on any atom is -0.497 e. The highest BCUT2D eigenvalue weighted by atomic mass is 32.2. The van der Waals surface area contributed by atoms with Crippen molar-refractivity contribution in [1.82, 2.24) is 9.62 Å². The van der Waals surface area contributed by atoms with Gasteiger partial charge in [-0.3, -0.25) is 15.0 Å². The molecule has 2 aromatic carbocycles. The van der Waals surface area contributed by atoms with Gasteiger partial charge in [-0.05, 0) is 49.2 Å². The molecule has 8 nitrogen and oxygen atoms in total. The minimum absolute atomic E-state index is 0.0650. The van der Waals surface area contributed by atoms with Crippen molar-refractivity contribution in [2.45, 2.75) is 37.2 Å². The Hall–Kier alpha value is -2.49. The molecule has 1 aliphatic rings. The van der Waals surface area contributed by atoms with Crippen molar-refractivity contribution in [3.05, 3.63) is 63.7 Å². The normalized spacial score (nSPS) is 15.2. The lowest BCUT2D eigenvalue weighted by molar-refractivity contribution is -0.387. The molecule has 0 atom stereocenters. The number of benzene rings is 2. The van der Waals surface area contributed by atoms with Crippen LogP contribution in [0.4, 0.5) is 5.69 Å². The number of nitro benzene ring substituents is 1. The number of nitrogens with one attached hydrogen (secondary N) is 1. The number of methoxy groups -OCH3 is 1. The van der Waals surface area contributed by atoms with Crippen molar-refractivity contribution in [2.24, 2.45) is 0 Å². The highest BCUT2D eigenvalue weighted by molar-refractivity contribution is 7.89. The third kappa shape index (κ3) is 5.31. The second-order valence-corrected chi connectivity index (χ2v) is 8.76. The van der Waals surface area contributed by atoms with Gasteiger partial charge in [-0.15, -0.1) is 0 Å². The van der Waals surface area contributed by atoms with Crippen LogP contribution in [0, 0.1) is 10.1 Å². The summed E-state index contributed by atoms with van der Waals surface area (Å²) in [6.45, 7) is 2.91. The largest absolute Gasteiger partial charge is 0.497 e. The van der Waals surface area contributed by atoms with E-state index < -0.39 is 20.6 Å². The molecule has 0 amide bonds.